The maximum absolute atomic E-state index is 13.0. The van der Waals surface area contributed by atoms with Gasteiger partial charge in [-0.1, -0.05) is 24.3 Å². The first kappa shape index (κ1) is 15.5. The van der Waals surface area contributed by atoms with Crippen LogP contribution in [-0.4, -0.2) is 35.5 Å². The van der Waals surface area contributed by atoms with Gasteiger partial charge in [-0.3, -0.25) is 14.4 Å². The zero-order valence-corrected chi connectivity index (χ0v) is 13.3. The smallest absolute Gasteiger partial charge is 0.295 e. The summed E-state index contributed by atoms with van der Waals surface area (Å²) in [7, 11) is 0. The van der Waals surface area contributed by atoms with Gasteiger partial charge in [-0.15, -0.1) is 0 Å². The Morgan fingerprint density at radius 3 is 2.76 bits per heavy atom. The van der Waals surface area contributed by atoms with E-state index in [1.165, 1.54) is 0 Å². The second-order valence-corrected chi connectivity index (χ2v) is 6.06. The lowest BCUT2D eigenvalue weighted by atomic mass is 9.78. The highest BCUT2D eigenvalue weighted by molar-refractivity contribution is 6.30. The minimum atomic E-state index is -0.924. The fourth-order valence-electron chi connectivity index (χ4n) is 3.58. The van der Waals surface area contributed by atoms with Crippen LogP contribution >= 0.6 is 0 Å². The van der Waals surface area contributed by atoms with Crippen molar-refractivity contribution in [2.24, 2.45) is 0 Å². The topological polar surface area (TPSA) is 89.9 Å². The van der Waals surface area contributed by atoms with E-state index in [1.807, 2.05) is 0 Å². The van der Waals surface area contributed by atoms with Crippen LogP contribution in [0.2, 0.25) is 0 Å². The van der Waals surface area contributed by atoms with Crippen LogP contribution in [0.25, 0.3) is 10.8 Å². The number of fused-ring (bicyclic) bond motifs is 2. The van der Waals surface area contributed by atoms with E-state index >= 15 is 0 Å². The van der Waals surface area contributed by atoms with E-state index in [0.29, 0.717) is 10.8 Å². The van der Waals surface area contributed by atoms with Crippen LogP contribution in [-0.2, 0) is 14.3 Å². The molecule has 6 heteroatoms. The highest BCUT2D eigenvalue weighted by atomic mass is 16.7. The molecule has 0 fully saturated rings. The summed E-state index contributed by atoms with van der Waals surface area (Å²) in [6, 6.07) is 8.62. The summed E-state index contributed by atoms with van der Waals surface area (Å²) >= 11 is 0. The molecule has 2 aromatic carbocycles. The molecule has 1 aliphatic carbocycles. The number of carbonyl (C=O) groups is 3. The Labute approximate surface area is 142 Å². The summed E-state index contributed by atoms with van der Waals surface area (Å²) in [5.74, 6) is -0.977. The van der Waals surface area contributed by atoms with Gasteiger partial charge in [0.25, 0.3) is 6.47 Å². The van der Waals surface area contributed by atoms with E-state index in [0.717, 1.165) is 0 Å². The molecule has 6 nitrogen and oxygen atoms in total. The standard InChI is InChI=1S/C19H14O6/c1-9-15-13(7-14(25-9)24-8-20)19(23)16-12(18(15)22)6-10-4-2-3-5-11(10)17(16)21/h2-6,8-9,14,21H,7H2,1H3. The molecular weight excluding hydrogens is 324 g/mol. The molecule has 2 atom stereocenters. The lowest BCUT2D eigenvalue weighted by Gasteiger charge is -2.33. The van der Waals surface area contributed by atoms with Crippen molar-refractivity contribution in [1.29, 1.82) is 0 Å². The SMILES string of the molecule is CC1OC(OC=O)CC2=C1C(=O)c1cc3ccccc3c(O)c1C2=O. The molecule has 2 unspecified atom stereocenters. The molecule has 2 aromatic rings. The third-order valence-corrected chi connectivity index (χ3v) is 4.68. The van der Waals surface area contributed by atoms with Crippen LogP contribution in [0, 0.1) is 0 Å². The number of ketones is 2. The minimum absolute atomic E-state index is 0.00130. The first-order chi connectivity index (χ1) is 12.0. The number of aromatic hydroxyl groups is 1. The van der Waals surface area contributed by atoms with Gasteiger partial charge in [0.05, 0.1) is 11.7 Å². The number of ether oxygens (including phenoxy) is 2. The zero-order chi connectivity index (χ0) is 17.7. The third kappa shape index (κ3) is 2.18. The van der Waals surface area contributed by atoms with Gasteiger partial charge in [0.2, 0.25) is 6.29 Å². The van der Waals surface area contributed by atoms with Crippen molar-refractivity contribution >= 4 is 28.8 Å². The normalized spacial score (nSPS) is 22.6. The van der Waals surface area contributed by atoms with Crippen LogP contribution < -0.4 is 0 Å². The molecule has 1 heterocycles. The molecule has 0 spiro atoms. The monoisotopic (exact) mass is 338 g/mol. The van der Waals surface area contributed by atoms with Gasteiger partial charge in [-0.25, -0.2) is 0 Å². The summed E-state index contributed by atoms with van der Waals surface area (Å²) in [6.45, 7) is 1.88. The predicted octanol–water partition coefficient (Wildman–Crippen LogP) is 2.53. The van der Waals surface area contributed by atoms with Crippen molar-refractivity contribution in [1.82, 2.24) is 0 Å². The van der Waals surface area contributed by atoms with E-state index in [2.05, 4.69) is 0 Å². The van der Waals surface area contributed by atoms with E-state index in [9.17, 15) is 19.5 Å². The Morgan fingerprint density at radius 1 is 1.24 bits per heavy atom. The van der Waals surface area contributed by atoms with E-state index < -0.39 is 18.2 Å². The predicted molar refractivity (Wildman–Crippen MR) is 87.4 cm³/mol. The van der Waals surface area contributed by atoms with Gasteiger partial charge in [0, 0.05) is 28.5 Å². The molecule has 1 aliphatic heterocycles. The molecule has 0 aromatic heterocycles. The Kier molecular flexibility index (Phi) is 3.43. The molecule has 0 saturated carbocycles. The number of hydrogen-bond acceptors (Lipinski definition) is 6. The summed E-state index contributed by atoms with van der Waals surface area (Å²) in [5, 5.41) is 11.8. The fourth-order valence-corrected chi connectivity index (χ4v) is 3.58. The highest BCUT2D eigenvalue weighted by Crippen LogP contribution is 2.41. The van der Waals surface area contributed by atoms with Crippen LogP contribution in [0.1, 0.15) is 34.1 Å². The van der Waals surface area contributed by atoms with Crippen LogP contribution in [0.4, 0.5) is 0 Å². The van der Waals surface area contributed by atoms with Crippen LogP contribution in [0.5, 0.6) is 5.75 Å². The first-order valence-electron chi connectivity index (χ1n) is 7.84. The quantitative estimate of drug-likeness (QED) is 0.846. The lowest BCUT2D eigenvalue weighted by molar-refractivity contribution is -0.172. The lowest BCUT2D eigenvalue weighted by Crippen LogP contribution is -2.38. The molecule has 0 radical (unpaired) electrons. The van der Waals surface area contributed by atoms with Gasteiger partial charge in [-0.2, -0.15) is 0 Å². The molecule has 126 valence electrons. The minimum Gasteiger partial charge on any atom is -0.507 e. The largest absolute Gasteiger partial charge is 0.507 e. The van der Waals surface area contributed by atoms with Crippen molar-refractivity contribution in [2.75, 3.05) is 0 Å². The number of phenolic OH excluding ortho intramolecular Hbond substituents is 1. The Bertz CT molecular complexity index is 971. The van der Waals surface area contributed by atoms with Crippen molar-refractivity contribution in [3.8, 4) is 5.75 Å². The van der Waals surface area contributed by atoms with Crippen LogP contribution in [0.15, 0.2) is 41.5 Å². The second-order valence-electron chi connectivity index (χ2n) is 6.06. The van der Waals surface area contributed by atoms with Gasteiger partial charge in [0.1, 0.15) is 5.75 Å². The maximum atomic E-state index is 13.0. The molecule has 1 N–H and O–H groups in total. The second kappa shape index (κ2) is 5.53. The number of Topliss-reactive ketones (excluding diaryl/α,β-unsaturated/α-hetero) is 2. The number of phenols is 1. The summed E-state index contributed by atoms with van der Waals surface area (Å²) in [4.78, 5) is 36.5. The van der Waals surface area contributed by atoms with E-state index in [1.54, 1.807) is 37.3 Å². The molecule has 25 heavy (non-hydrogen) atoms. The summed E-state index contributed by atoms with van der Waals surface area (Å²) in [6.07, 6.45) is -1.63. The van der Waals surface area contributed by atoms with E-state index in [-0.39, 0.29) is 46.7 Å². The van der Waals surface area contributed by atoms with E-state index in [4.69, 9.17) is 9.47 Å². The fraction of sp³-hybridized carbons (Fsp3) is 0.211. The highest BCUT2D eigenvalue weighted by Gasteiger charge is 2.42. The molecule has 0 bridgehead atoms. The molecular formula is C19H14O6. The van der Waals surface area contributed by atoms with Crippen molar-refractivity contribution < 1.29 is 29.0 Å². The van der Waals surface area contributed by atoms with Gasteiger partial charge in [0.15, 0.2) is 11.6 Å². The number of carbonyl (C=O) groups excluding carboxylic acids is 3. The molecule has 4 rings (SSSR count). The number of hydrogen-bond donors (Lipinski definition) is 1. The third-order valence-electron chi connectivity index (χ3n) is 4.68. The molecule has 0 amide bonds. The van der Waals surface area contributed by atoms with Gasteiger partial charge in [-0.05, 0) is 18.4 Å². The van der Waals surface area contributed by atoms with Crippen LogP contribution in [0.3, 0.4) is 0 Å². The van der Waals surface area contributed by atoms with Crippen molar-refractivity contribution in [2.45, 2.75) is 25.7 Å². The summed E-state index contributed by atoms with van der Waals surface area (Å²) < 4.78 is 10.3. The van der Waals surface area contributed by atoms with Crippen molar-refractivity contribution in [3.05, 3.63) is 52.6 Å². The van der Waals surface area contributed by atoms with Gasteiger partial charge >= 0.3 is 0 Å². The average molecular weight is 338 g/mol. The first-order valence-corrected chi connectivity index (χ1v) is 7.84. The maximum Gasteiger partial charge on any atom is 0.295 e. The molecule has 0 saturated heterocycles. The van der Waals surface area contributed by atoms with Crippen molar-refractivity contribution in [3.63, 3.8) is 0 Å². The summed E-state index contributed by atoms with van der Waals surface area (Å²) in [5.41, 5.74) is 0.665. The molecule has 2 aliphatic rings. The van der Waals surface area contributed by atoms with Gasteiger partial charge < -0.3 is 14.6 Å². The Morgan fingerprint density at radius 2 is 2.00 bits per heavy atom. The zero-order valence-electron chi connectivity index (χ0n) is 13.3. The average Bonchev–Trinajstić information content (AvgIpc) is 2.59. The Balaban J connectivity index is 1.93. The Hall–Kier alpha value is -2.99. The number of rotatable bonds is 2. The number of benzene rings is 2.